The van der Waals surface area contributed by atoms with E-state index < -0.39 is 9.84 Å². The monoisotopic (exact) mass is 317 g/mol. The van der Waals surface area contributed by atoms with Gasteiger partial charge in [-0.25, -0.2) is 8.42 Å². The highest BCUT2D eigenvalue weighted by Gasteiger charge is 2.28. The Labute approximate surface area is 127 Å². The van der Waals surface area contributed by atoms with Crippen molar-refractivity contribution in [1.29, 1.82) is 0 Å². The van der Waals surface area contributed by atoms with E-state index in [0.29, 0.717) is 5.02 Å². The second kappa shape index (κ2) is 6.92. The largest absolute Gasteiger partial charge is 0.313 e. The third-order valence-corrected chi connectivity index (χ3v) is 5.08. The molecule has 0 spiro atoms. The normalized spacial score (nSPS) is 14.2. The van der Waals surface area contributed by atoms with Gasteiger partial charge in [0, 0.05) is 11.1 Å². The fourth-order valence-corrected chi connectivity index (χ4v) is 4.08. The van der Waals surface area contributed by atoms with Crippen LogP contribution < -0.4 is 5.32 Å². The van der Waals surface area contributed by atoms with Crippen molar-refractivity contribution in [2.24, 2.45) is 5.41 Å². The molecule has 1 aromatic rings. The van der Waals surface area contributed by atoms with Gasteiger partial charge >= 0.3 is 0 Å². The van der Waals surface area contributed by atoms with Crippen molar-refractivity contribution >= 4 is 21.4 Å². The molecule has 1 unspecified atom stereocenters. The van der Waals surface area contributed by atoms with Crippen molar-refractivity contribution in [2.75, 3.05) is 12.3 Å². The summed E-state index contributed by atoms with van der Waals surface area (Å²) in [5.41, 5.74) is 0.682. The number of nitrogens with one attached hydrogen (secondary N) is 1. The molecule has 0 saturated carbocycles. The molecular formula is C15H24ClNO2S. The summed E-state index contributed by atoms with van der Waals surface area (Å²) >= 11 is 5.81. The molecule has 0 heterocycles. The molecule has 0 bridgehead atoms. The maximum Gasteiger partial charge on any atom is 0.155 e. The molecule has 0 fully saturated rings. The summed E-state index contributed by atoms with van der Waals surface area (Å²) in [4.78, 5) is 0. The number of hydrogen-bond donors (Lipinski definition) is 1. The van der Waals surface area contributed by atoms with Gasteiger partial charge in [-0.2, -0.15) is 0 Å². The van der Waals surface area contributed by atoms with Gasteiger partial charge < -0.3 is 5.32 Å². The number of halogens is 1. The number of benzene rings is 1. The van der Waals surface area contributed by atoms with Crippen LogP contribution in [0.5, 0.6) is 0 Å². The van der Waals surface area contributed by atoms with Gasteiger partial charge in [0.25, 0.3) is 0 Å². The molecule has 1 atom stereocenters. The maximum atomic E-state index is 12.3. The van der Waals surface area contributed by atoms with Gasteiger partial charge in [0.2, 0.25) is 0 Å². The molecule has 20 heavy (non-hydrogen) atoms. The molecule has 1 N–H and O–H groups in total. The van der Waals surface area contributed by atoms with Crippen molar-refractivity contribution in [2.45, 2.75) is 39.5 Å². The van der Waals surface area contributed by atoms with Crippen LogP contribution >= 0.6 is 11.6 Å². The van der Waals surface area contributed by atoms with Crippen LogP contribution in [0.2, 0.25) is 5.02 Å². The Kier molecular flexibility index (Phi) is 6.05. The zero-order chi connectivity index (χ0) is 15.4. The topological polar surface area (TPSA) is 46.2 Å². The molecule has 0 radical (unpaired) electrons. The van der Waals surface area contributed by atoms with Gasteiger partial charge in [0.1, 0.15) is 0 Å². The molecule has 0 aliphatic rings. The van der Waals surface area contributed by atoms with E-state index >= 15 is 0 Å². The zero-order valence-electron chi connectivity index (χ0n) is 12.6. The number of rotatable bonds is 6. The summed E-state index contributed by atoms with van der Waals surface area (Å²) in [5.74, 6) is 0.203. The Morgan fingerprint density at radius 2 is 1.75 bits per heavy atom. The summed E-state index contributed by atoms with van der Waals surface area (Å²) in [7, 11) is -3.16. The highest BCUT2D eigenvalue weighted by Crippen LogP contribution is 2.22. The molecule has 5 heteroatoms. The van der Waals surface area contributed by atoms with E-state index in [0.717, 1.165) is 12.1 Å². The molecular weight excluding hydrogens is 294 g/mol. The Balaban J connectivity index is 2.80. The first-order valence-corrected chi connectivity index (χ1v) is 9.02. The summed E-state index contributed by atoms with van der Waals surface area (Å²) in [5, 5.41) is 3.89. The Morgan fingerprint density at radius 1 is 1.20 bits per heavy atom. The predicted molar refractivity (Wildman–Crippen MR) is 85.9 cm³/mol. The molecule has 0 amide bonds. The minimum absolute atomic E-state index is 0.0511. The Bertz CT molecular complexity index is 518. The SMILES string of the molecule is CCNC(CS(=O)(=O)Cc1ccc(Cl)cc1)C(C)(C)C. The first-order chi connectivity index (χ1) is 9.14. The van der Waals surface area contributed by atoms with Crippen LogP contribution in [0.15, 0.2) is 24.3 Å². The molecule has 3 nitrogen and oxygen atoms in total. The lowest BCUT2D eigenvalue weighted by Crippen LogP contribution is -2.45. The van der Waals surface area contributed by atoms with Crippen LogP contribution in [0.3, 0.4) is 0 Å². The van der Waals surface area contributed by atoms with E-state index in [-0.39, 0.29) is 23.0 Å². The first kappa shape index (κ1) is 17.5. The van der Waals surface area contributed by atoms with E-state index in [1.54, 1.807) is 24.3 Å². The average Bonchev–Trinajstić information content (AvgIpc) is 2.30. The lowest BCUT2D eigenvalue weighted by molar-refractivity contribution is 0.292. The third kappa shape index (κ3) is 5.81. The molecule has 1 aromatic carbocycles. The highest BCUT2D eigenvalue weighted by molar-refractivity contribution is 7.90. The standard InChI is InChI=1S/C15H24ClNO2S/c1-5-17-14(15(2,3)4)11-20(18,19)10-12-6-8-13(16)9-7-12/h6-9,14,17H,5,10-11H2,1-4H3. The fraction of sp³-hybridized carbons (Fsp3) is 0.600. The second-order valence-corrected chi connectivity index (χ2v) is 8.70. The van der Waals surface area contributed by atoms with Gasteiger partial charge in [-0.3, -0.25) is 0 Å². The molecule has 0 aliphatic carbocycles. The van der Waals surface area contributed by atoms with Crippen molar-refractivity contribution in [3.8, 4) is 0 Å². The molecule has 1 rings (SSSR count). The summed E-state index contributed by atoms with van der Waals surface area (Å²) in [6.07, 6.45) is 0. The second-order valence-electron chi connectivity index (χ2n) is 6.16. The van der Waals surface area contributed by atoms with Crippen LogP contribution in [0.1, 0.15) is 33.3 Å². The smallest absolute Gasteiger partial charge is 0.155 e. The van der Waals surface area contributed by atoms with E-state index in [4.69, 9.17) is 11.6 Å². The molecule has 114 valence electrons. The fourth-order valence-electron chi connectivity index (χ4n) is 2.01. The van der Waals surface area contributed by atoms with E-state index in [9.17, 15) is 8.42 Å². The summed E-state index contributed by atoms with van der Waals surface area (Å²) in [6.45, 7) is 8.91. The van der Waals surface area contributed by atoms with E-state index in [1.165, 1.54) is 0 Å². The highest BCUT2D eigenvalue weighted by atomic mass is 35.5. The predicted octanol–water partition coefficient (Wildman–Crippen LogP) is 3.28. The molecule has 0 aliphatic heterocycles. The van der Waals surface area contributed by atoms with Gasteiger partial charge in [-0.05, 0) is 29.7 Å². The van der Waals surface area contributed by atoms with Crippen molar-refractivity contribution in [3.63, 3.8) is 0 Å². The Hall–Kier alpha value is -0.580. The van der Waals surface area contributed by atoms with Crippen LogP contribution in [0.25, 0.3) is 0 Å². The van der Waals surface area contributed by atoms with E-state index in [2.05, 4.69) is 26.1 Å². The van der Waals surface area contributed by atoms with Crippen LogP contribution in [-0.2, 0) is 15.6 Å². The quantitative estimate of drug-likeness (QED) is 0.876. The average molecular weight is 318 g/mol. The zero-order valence-corrected chi connectivity index (χ0v) is 14.2. The van der Waals surface area contributed by atoms with E-state index in [1.807, 2.05) is 6.92 Å². The summed E-state index contributed by atoms with van der Waals surface area (Å²) in [6, 6.07) is 6.92. The minimum atomic E-state index is -3.16. The van der Waals surface area contributed by atoms with Crippen LogP contribution in [0.4, 0.5) is 0 Å². The molecule has 0 saturated heterocycles. The van der Waals surface area contributed by atoms with Crippen molar-refractivity contribution < 1.29 is 8.42 Å². The number of sulfone groups is 1. The number of hydrogen-bond acceptors (Lipinski definition) is 3. The van der Waals surface area contributed by atoms with Gasteiger partial charge in [-0.1, -0.05) is 51.4 Å². The van der Waals surface area contributed by atoms with Crippen molar-refractivity contribution in [3.05, 3.63) is 34.9 Å². The summed E-state index contributed by atoms with van der Waals surface area (Å²) < 4.78 is 24.7. The molecule has 0 aromatic heterocycles. The van der Waals surface area contributed by atoms with Crippen LogP contribution in [0, 0.1) is 5.41 Å². The maximum absolute atomic E-state index is 12.3. The van der Waals surface area contributed by atoms with Gasteiger partial charge in [0.05, 0.1) is 11.5 Å². The van der Waals surface area contributed by atoms with Gasteiger partial charge in [0.15, 0.2) is 9.84 Å². The third-order valence-electron chi connectivity index (χ3n) is 3.22. The minimum Gasteiger partial charge on any atom is -0.313 e. The first-order valence-electron chi connectivity index (χ1n) is 6.82. The lowest BCUT2D eigenvalue weighted by Gasteiger charge is -2.31. The van der Waals surface area contributed by atoms with Crippen molar-refractivity contribution in [1.82, 2.24) is 5.32 Å². The lowest BCUT2D eigenvalue weighted by atomic mass is 9.88. The van der Waals surface area contributed by atoms with Gasteiger partial charge in [-0.15, -0.1) is 0 Å². The van der Waals surface area contributed by atoms with Crippen LogP contribution in [-0.4, -0.2) is 26.8 Å². The Morgan fingerprint density at radius 3 is 2.20 bits per heavy atom.